The van der Waals surface area contributed by atoms with Crippen molar-refractivity contribution >= 4 is 12.2 Å². The van der Waals surface area contributed by atoms with E-state index in [0.717, 1.165) is 17.8 Å². The molecule has 0 aliphatic heterocycles. The van der Waals surface area contributed by atoms with E-state index in [-0.39, 0.29) is 0 Å². The SMILES string of the molecule is CCc1ccc(-c2nc(=S)cc(C3CC3)[nH]2)cc1. The predicted octanol–water partition coefficient (Wildman–Crippen LogP) is 4.25. The predicted molar refractivity (Wildman–Crippen MR) is 76.2 cm³/mol. The van der Waals surface area contributed by atoms with Gasteiger partial charge in [-0.2, -0.15) is 0 Å². The zero-order chi connectivity index (χ0) is 12.5. The fourth-order valence-corrected chi connectivity index (χ4v) is 2.34. The Labute approximate surface area is 112 Å². The first-order valence-corrected chi connectivity index (χ1v) is 6.87. The molecule has 1 aromatic carbocycles. The quantitative estimate of drug-likeness (QED) is 0.832. The number of aromatic nitrogens is 2. The monoisotopic (exact) mass is 256 g/mol. The summed E-state index contributed by atoms with van der Waals surface area (Å²) in [6.45, 7) is 2.16. The van der Waals surface area contributed by atoms with Crippen LogP contribution in [-0.4, -0.2) is 9.97 Å². The van der Waals surface area contributed by atoms with E-state index in [1.807, 2.05) is 6.07 Å². The van der Waals surface area contributed by atoms with Crippen molar-refractivity contribution in [3.05, 3.63) is 46.2 Å². The molecule has 0 radical (unpaired) electrons. The lowest BCUT2D eigenvalue weighted by Gasteiger charge is -2.06. The van der Waals surface area contributed by atoms with Gasteiger partial charge in [-0.3, -0.25) is 0 Å². The first-order chi connectivity index (χ1) is 8.76. The Morgan fingerprint density at radius 3 is 2.61 bits per heavy atom. The van der Waals surface area contributed by atoms with E-state index in [1.165, 1.54) is 24.1 Å². The van der Waals surface area contributed by atoms with Crippen molar-refractivity contribution in [3.8, 4) is 11.4 Å². The third kappa shape index (κ3) is 2.36. The normalized spacial score (nSPS) is 14.7. The van der Waals surface area contributed by atoms with Gasteiger partial charge in [0.05, 0.1) is 0 Å². The van der Waals surface area contributed by atoms with Crippen LogP contribution in [0.15, 0.2) is 30.3 Å². The molecule has 3 heteroatoms. The lowest BCUT2D eigenvalue weighted by atomic mass is 10.1. The van der Waals surface area contributed by atoms with E-state index in [1.54, 1.807) is 0 Å². The summed E-state index contributed by atoms with van der Waals surface area (Å²) in [5, 5.41) is 0. The van der Waals surface area contributed by atoms with Gasteiger partial charge in [-0.15, -0.1) is 0 Å². The minimum Gasteiger partial charge on any atom is -0.343 e. The molecule has 1 heterocycles. The third-order valence-electron chi connectivity index (χ3n) is 3.42. The summed E-state index contributed by atoms with van der Waals surface area (Å²) in [6.07, 6.45) is 3.60. The van der Waals surface area contributed by atoms with Crippen LogP contribution in [0.4, 0.5) is 0 Å². The molecule has 2 nitrogen and oxygen atoms in total. The molecule has 0 unspecified atom stereocenters. The molecule has 18 heavy (non-hydrogen) atoms. The minimum absolute atomic E-state index is 0.670. The molecule has 1 N–H and O–H groups in total. The number of hydrogen-bond donors (Lipinski definition) is 1. The lowest BCUT2D eigenvalue weighted by molar-refractivity contribution is 0.988. The molecule has 0 spiro atoms. The summed E-state index contributed by atoms with van der Waals surface area (Å²) < 4.78 is 0.685. The smallest absolute Gasteiger partial charge is 0.139 e. The molecule has 2 aromatic rings. The molecule has 1 fully saturated rings. The maximum Gasteiger partial charge on any atom is 0.139 e. The average molecular weight is 256 g/mol. The maximum atomic E-state index is 5.25. The second-order valence-electron chi connectivity index (χ2n) is 4.85. The van der Waals surface area contributed by atoms with Crippen LogP contribution in [0.3, 0.4) is 0 Å². The first-order valence-electron chi connectivity index (χ1n) is 6.47. The summed E-state index contributed by atoms with van der Waals surface area (Å²) in [6, 6.07) is 10.5. The van der Waals surface area contributed by atoms with Gasteiger partial charge in [0.25, 0.3) is 0 Å². The minimum atomic E-state index is 0.670. The van der Waals surface area contributed by atoms with E-state index in [2.05, 4.69) is 41.2 Å². The molecule has 1 saturated carbocycles. The van der Waals surface area contributed by atoms with E-state index < -0.39 is 0 Å². The Morgan fingerprint density at radius 2 is 2.00 bits per heavy atom. The highest BCUT2D eigenvalue weighted by Gasteiger charge is 2.24. The highest BCUT2D eigenvalue weighted by Crippen LogP contribution is 2.39. The number of H-pyrrole nitrogens is 1. The molecule has 0 bridgehead atoms. The van der Waals surface area contributed by atoms with Gasteiger partial charge < -0.3 is 4.98 Å². The number of hydrogen-bond acceptors (Lipinski definition) is 2. The highest BCUT2D eigenvalue weighted by atomic mass is 32.1. The van der Waals surface area contributed by atoms with Crippen LogP contribution in [0, 0.1) is 4.64 Å². The van der Waals surface area contributed by atoms with Gasteiger partial charge in [-0.25, -0.2) is 4.98 Å². The van der Waals surface area contributed by atoms with Crippen LogP contribution in [0.25, 0.3) is 11.4 Å². The molecular weight excluding hydrogens is 240 g/mol. The Balaban J connectivity index is 2.01. The number of nitrogens with one attached hydrogen (secondary N) is 1. The zero-order valence-corrected chi connectivity index (χ0v) is 11.3. The Kier molecular flexibility index (Phi) is 3.00. The van der Waals surface area contributed by atoms with Crippen molar-refractivity contribution in [1.29, 1.82) is 0 Å². The van der Waals surface area contributed by atoms with Crippen LogP contribution in [0.1, 0.15) is 36.9 Å². The van der Waals surface area contributed by atoms with Crippen molar-refractivity contribution in [1.82, 2.24) is 9.97 Å². The standard InChI is InChI=1S/C15H16N2S/c1-2-10-3-5-12(6-4-10)15-16-13(11-7-8-11)9-14(18)17-15/h3-6,9,11H,2,7-8H2,1H3,(H,16,17,18). The molecule has 1 aliphatic carbocycles. The van der Waals surface area contributed by atoms with E-state index in [4.69, 9.17) is 12.2 Å². The number of benzene rings is 1. The van der Waals surface area contributed by atoms with E-state index in [0.29, 0.717) is 10.6 Å². The molecule has 1 aliphatic rings. The number of aryl methyl sites for hydroxylation is 1. The molecule has 1 aromatic heterocycles. The van der Waals surface area contributed by atoms with E-state index in [9.17, 15) is 0 Å². The number of rotatable bonds is 3. The summed E-state index contributed by atoms with van der Waals surface area (Å²) in [4.78, 5) is 7.85. The van der Waals surface area contributed by atoms with Gasteiger partial charge in [-0.05, 0) is 36.8 Å². The molecule has 0 saturated heterocycles. The number of nitrogens with zero attached hydrogens (tertiary/aromatic N) is 1. The van der Waals surface area contributed by atoms with Crippen LogP contribution in [0.2, 0.25) is 0 Å². The first kappa shape index (κ1) is 11.6. The molecular formula is C15H16N2S. The molecule has 0 atom stereocenters. The molecule has 3 rings (SSSR count). The van der Waals surface area contributed by atoms with Gasteiger partial charge in [-0.1, -0.05) is 43.4 Å². The van der Waals surface area contributed by atoms with Gasteiger partial charge in [0.2, 0.25) is 0 Å². The summed E-state index contributed by atoms with van der Waals surface area (Å²) in [5.41, 5.74) is 3.70. The van der Waals surface area contributed by atoms with Gasteiger partial charge in [0, 0.05) is 11.3 Å². The van der Waals surface area contributed by atoms with Crippen molar-refractivity contribution in [2.75, 3.05) is 0 Å². The zero-order valence-electron chi connectivity index (χ0n) is 10.4. The van der Waals surface area contributed by atoms with Crippen LogP contribution >= 0.6 is 12.2 Å². The number of aromatic amines is 1. The van der Waals surface area contributed by atoms with Gasteiger partial charge in [0.1, 0.15) is 10.5 Å². The average Bonchev–Trinajstić information content (AvgIpc) is 3.22. The summed E-state index contributed by atoms with van der Waals surface area (Å²) in [7, 11) is 0. The van der Waals surface area contributed by atoms with Crippen molar-refractivity contribution in [3.63, 3.8) is 0 Å². The topological polar surface area (TPSA) is 28.7 Å². The van der Waals surface area contributed by atoms with Crippen molar-refractivity contribution < 1.29 is 0 Å². The van der Waals surface area contributed by atoms with Gasteiger partial charge in [0.15, 0.2) is 0 Å². The Bertz CT molecular complexity index is 609. The Hall–Kier alpha value is -1.48. The van der Waals surface area contributed by atoms with Crippen molar-refractivity contribution in [2.45, 2.75) is 32.1 Å². The maximum absolute atomic E-state index is 5.25. The second-order valence-corrected chi connectivity index (χ2v) is 5.27. The third-order valence-corrected chi connectivity index (χ3v) is 3.63. The van der Waals surface area contributed by atoms with Crippen LogP contribution < -0.4 is 0 Å². The van der Waals surface area contributed by atoms with Crippen LogP contribution in [-0.2, 0) is 6.42 Å². The van der Waals surface area contributed by atoms with E-state index >= 15 is 0 Å². The summed E-state index contributed by atoms with van der Waals surface area (Å²) >= 11 is 5.25. The molecule has 0 amide bonds. The Morgan fingerprint density at radius 1 is 1.28 bits per heavy atom. The fraction of sp³-hybridized carbons (Fsp3) is 0.333. The van der Waals surface area contributed by atoms with Crippen molar-refractivity contribution in [2.24, 2.45) is 0 Å². The largest absolute Gasteiger partial charge is 0.343 e. The highest BCUT2D eigenvalue weighted by molar-refractivity contribution is 7.71. The van der Waals surface area contributed by atoms with Gasteiger partial charge >= 0.3 is 0 Å². The lowest BCUT2D eigenvalue weighted by Crippen LogP contribution is -1.95. The molecule has 92 valence electrons. The summed E-state index contributed by atoms with van der Waals surface area (Å²) in [5.74, 6) is 1.57. The second kappa shape index (κ2) is 4.65. The van der Waals surface area contributed by atoms with Crippen LogP contribution in [0.5, 0.6) is 0 Å². The fourth-order valence-electron chi connectivity index (χ4n) is 2.13.